The van der Waals surface area contributed by atoms with Crippen LogP contribution in [0.15, 0.2) is 47.7 Å². The second kappa shape index (κ2) is 7.02. The Bertz CT molecular complexity index is 1050. The van der Waals surface area contributed by atoms with E-state index >= 15 is 0 Å². The highest BCUT2D eigenvalue weighted by Crippen LogP contribution is 2.28. The Morgan fingerprint density at radius 2 is 2.07 bits per heavy atom. The van der Waals surface area contributed by atoms with Crippen molar-refractivity contribution in [3.63, 3.8) is 0 Å². The maximum atomic E-state index is 14.4. The molecule has 8 heteroatoms. The van der Waals surface area contributed by atoms with Crippen molar-refractivity contribution >= 4 is 28.9 Å². The van der Waals surface area contributed by atoms with Crippen LogP contribution in [0.4, 0.5) is 16.0 Å². The second-order valence-corrected chi connectivity index (χ2v) is 6.45. The number of fused-ring (bicyclic) bond motifs is 1. The van der Waals surface area contributed by atoms with Crippen molar-refractivity contribution in [2.75, 3.05) is 11.9 Å². The molecule has 1 aromatic carbocycles. The van der Waals surface area contributed by atoms with E-state index in [0.29, 0.717) is 47.4 Å². The first-order valence-corrected chi connectivity index (χ1v) is 8.70. The van der Waals surface area contributed by atoms with Crippen LogP contribution in [0.3, 0.4) is 0 Å². The molecule has 2 aromatic heterocycles. The molecule has 1 aliphatic rings. The quantitative estimate of drug-likeness (QED) is 0.749. The molecule has 0 fully saturated rings. The lowest BCUT2D eigenvalue weighted by molar-refractivity contribution is 0.625. The maximum absolute atomic E-state index is 14.4. The molecule has 0 amide bonds. The fourth-order valence-electron chi connectivity index (χ4n) is 3.01. The molecule has 3 heterocycles. The highest BCUT2D eigenvalue weighted by Gasteiger charge is 2.25. The number of aliphatic imine (C=N–C) groups is 1. The Labute approximate surface area is 160 Å². The third-order valence-electron chi connectivity index (χ3n) is 4.40. The summed E-state index contributed by atoms with van der Waals surface area (Å²) in [4.78, 5) is 19.8. The summed E-state index contributed by atoms with van der Waals surface area (Å²) in [6.07, 6.45) is 3.33. The molecule has 2 N–H and O–H groups in total. The first kappa shape index (κ1) is 17.5. The molecule has 0 aliphatic carbocycles. The molecule has 27 heavy (non-hydrogen) atoms. The number of nitrogens with zero attached hydrogens (tertiary/aromatic N) is 5. The van der Waals surface area contributed by atoms with E-state index in [1.165, 1.54) is 6.07 Å². The van der Waals surface area contributed by atoms with E-state index in [2.05, 4.69) is 19.9 Å². The lowest BCUT2D eigenvalue weighted by Gasteiger charge is -2.20. The van der Waals surface area contributed by atoms with Crippen LogP contribution in [0.5, 0.6) is 0 Å². The minimum absolute atomic E-state index is 0.0532. The molecule has 6 nitrogen and oxygen atoms in total. The van der Waals surface area contributed by atoms with Crippen LogP contribution < -0.4 is 10.6 Å². The zero-order valence-electron chi connectivity index (χ0n) is 14.5. The smallest absolute Gasteiger partial charge is 0.152 e. The largest absolute Gasteiger partial charge is 0.326 e. The normalized spacial score (nSPS) is 12.7. The molecule has 4 rings (SSSR count). The molecule has 3 aromatic rings. The number of hydrogen-bond donors (Lipinski definition) is 1. The van der Waals surface area contributed by atoms with E-state index in [0.717, 1.165) is 5.56 Å². The molecular weight excluding hydrogens is 367 g/mol. The second-order valence-electron chi connectivity index (χ2n) is 6.04. The SMILES string of the molecule is CN(c1cnc2c(n1)CN=C2c1cccc(Cl)c1F)c1ncccc1CN. The van der Waals surface area contributed by atoms with Gasteiger partial charge in [-0.2, -0.15) is 0 Å². The number of anilines is 2. The van der Waals surface area contributed by atoms with E-state index in [1.807, 2.05) is 24.1 Å². The number of hydrogen-bond acceptors (Lipinski definition) is 6. The van der Waals surface area contributed by atoms with Crippen molar-refractivity contribution in [2.45, 2.75) is 13.1 Å². The van der Waals surface area contributed by atoms with Gasteiger partial charge < -0.3 is 10.6 Å². The van der Waals surface area contributed by atoms with Gasteiger partial charge in [-0.25, -0.2) is 19.3 Å². The van der Waals surface area contributed by atoms with E-state index in [9.17, 15) is 4.39 Å². The topological polar surface area (TPSA) is 80.3 Å². The van der Waals surface area contributed by atoms with Crippen molar-refractivity contribution in [1.82, 2.24) is 15.0 Å². The lowest BCUT2D eigenvalue weighted by atomic mass is 10.1. The summed E-state index contributed by atoms with van der Waals surface area (Å²) in [7, 11) is 1.85. The number of halogens is 2. The molecule has 0 atom stereocenters. The molecule has 136 valence electrons. The number of nitrogens with two attached hydrogens (primary N) is 1. The minimum atomic E-state index is -0.505. The van der Waals surface area contributed by atoms with Crippen molar-refractivity contribution in [3.05, 3.63) is 76.1 Å². The minimum Gasteiger partial charge on any atom is -0.326 e. The standard InChI is InChI=1S/C19H16ClFN6/c1-27(19-11(8-22)4-3-7-23-19)15-10-25-18-14(26-15)9-24-17(18)12-5-2-6-13(20)16(12)21/h2-7,10H,8-9,22H2,1H3. The Hall–Kier alpha value is -2.90. The molecule has 0 saturated heterocycles. The van der Waals surface area contributed by atoms with Gasteiger partial charge in [0.1, 0.15) is 11.5 Å². The Kier molecular flexibility index (Phi) is 4.55. The average molecular weight is 383 g/mol. The molecular formula is C19H16ClFN6. The van der Waals surface area contributed by atoms with Crippen LogP contribution in [0.2, 0.25) is 5.02 Å². The third kappa shape index (κ3) is 3.05. The molecule has 0 unspecified atom stereocenters. The van der Waals surface area contributed by atoms with Gasteiger partial charge >= 0.3 is 0 Å². The fourth-order valence-corrected chi connectivity index (χ4v) is 3.19. The lowest BCUT2D eigenvalue weighted by Crippen LogP contribution is -2.18. The van der Waals surface area contributed by atoms with Gasteiger partial charge in [0.15, 0.2) is 11.6 Å². The van der Waals surface area contributed by atoms with Crippen LogP contribution >= 0.6 is 11.6 Å². The summed E-state index contributed by atoms with van der Waals surface area (Å²) in [5.74, 6) is 0.828. The molecule has 0 saturated carbocycles. The molecule has 0 spiro atoms. The number of pyridine rings is 1. The summed E-state index contributed by atoms with van der Waals surface area (Å²) < 4.78 is 14.4. The van der Waals surface area contributed by atoms with Crippen LogP contribution in [0.1, 0.15) is 22.5 Å². The van der Waals surface area contributed by atoms with Gasteiger partial charge in [-0.3, -0.25) is 4.99 Å². The zero-order valence-corrected chi connectivity index (χ0v) is 15.3. The average Bonchev–Trinajstić information content (AvgIpc) is 3.12. The Morgan fingerprint density at radius 3 is 2.89 bits per heavy atom. The first-order chi connectivity index (χ1) is 13.1. The van der Waals surface area contributed by atoms with E-state index in [1.54, 1.807) is 24.5 Å². The zero-order chi connectivity index (χ0) is 19.0. The number of rotatable bonds is 4. The molecule has 0 radical (unpaired) electrons. The van der Waals surface area contributed by atoms with Crippen LogP contribution in [0, 0.1) is 5.82 Å². The monoisotopic (exact) mass is 382 g/mol. The summed E-state index contributed by atoms with van der Waals surface area (Å²) in [6, 6.07) is 8.59. The van der Waals surface area contributed by atoms with E-state index in [-0.39, 0.29) is 5.02 Å². The number of aromatic nitrogens is 3. The van der Waals surface area contributed by atoms with Gasteiger partial charge in [0.05, 0.1) is 29.2 Å². The van der Waals surface area contributed by atoms with E-state index in [4.69, 9.17) is 17.3 Å². The van der Waals surface area contributed by atoms with Crippen LogP contribution in [-0.2, 0) is 13.1 Å². The molecule has 0 bridgehead atoms. The summed E-state index contributed by atoms with van der Waals surface area (Å²) in [6.45, 7) is 0.699. The van der Waals surface area contributed by atoms with Crippen molar-refractivity contribution in [2.24, 2.45) is 10.7 Å². The highest BCUT2D eigenvalue weighted by molar-refractivity contribution is 6.31. The summed E-state index contributed by atoms with van der Waals surface area (Å²) in [5.41, 5.74) is 8.73. The summed E-state index contributed by atoms with van der Waals surface area (Å²) >= 11 is 5.89. The van der Waals surface area contributed by atoms with Gasteiger partial charge in [-0.05, 0) is 18.2 Å². The Morgan fingerprint density at radius 1 is 1.22 bits per heavy atom. The third-order valence-corrected chi connectivity index (χ3v) is 4.69. The fraction of sp³-hybridized carbons (Fsp3) is 0.158. The molecule has 1 aliphatic heterocycles. The van der Waals surface area contributed by atoms with Gasteiger partial charge in [0, 0.05) is 30.9 Å². The van der Waals surface area contributed by atoms with Crippen LogP contribution in [0.25, 0.3) is 0 Å². The predicted octanol–water partition coefficient (Wildman–Crippen LogP) is 3.24. The van der Waals surface area contributed by atoms with Gasteiger partial charge in [-0.15, -0.1) is 0 Å². The Balaban J connectivity index is 1.70. The van der Waals surface area contributed by atoms with Crippen molar-refractivity contribution in [1.29, 1.82) is 0 Å². The summed E-state index contributed by atoms with van der Waals surface area (Å²) in [5, 5.41) is 0.0532. The maximum Gasteiger partial charge on any atom is 0.152 e. The number of benzene rings is 1. The van der Waals surface area contributed by atoms with Gasteiger partial charge in [0.25, 0.3) is 0 Å². The highest BCUT2D eigenvalue weighted by atomic mass is 35.5. The van der Waals surface area contributed by atoms with Crippen LogP contribution in [-0.4, -0.2) is 27.7 Å². The van der Waals surface area contributed by atoms with Gasteiger partial charge in [-0.1, -0.05) is 23.7 Å². The predicted molar refractivity (Wildman–Crippen MR) is 103 cm³/mol. The van der Waals surface area contributed by atoms with Crippen molar-refractivity contribution < 1.29 is 4.39 Å². The van der Waals surface area contributed by atoms with Gasteiger partial charge in [0.2, 0.25) is 0 Å². The van der Waals surface area contributed by atoms with Crippen molar-refractivity contribution in [3.8, 4) is 0 Å². The first-order valence-electron chi connectivity index (χ1n) is 8.33. The van der Waals surface area contributed by atoms with E-state index < -0.39 is 5.82 Å².